The zero-order valence-corrected chi connectivity index (χ0v) is 6.45. The molecule has 0 radical (unpaired) electrons. The Morgan fingerprint density at radius 1 is 1.64 bits per heavy atom. The summed E-state index contributed by atoms with van der Waals surface area (Å²) in [4.78, 5) is 3.94. The number of hydrogen-bond acceptors (Lipinski definition) is 3. The monoisotopic (exact) mass is 153 g/mol. The molecule has 0 aromatic carbocycles. The molecule has 1 N–H and O–H groups in total. The third kappa shape index (κ3) is 2.55. The second-order valence-electron chi connectivity index (χ2n) is 2.24. The highest BCUT2D eigenvalue weighted by atomic mass is 16.5. The van der Waals surface area contributed by atoms with Gasteiger partial charge in [-0.25, -0.2) is 4.98 Å². The van der Waals surface area contributed by atoms with Crippen molar-refractivity contribution < 1.29 is 9.84 Å². The van der Waals surface area contributed by atoms with E-state index in [1.54, 1.807) is 6.20 Å². The molecule has 0 fully saturated rings. The van der Waals surface area contributed by atoms with E-state index in [-0.39, 0.29) is 6.61 Å². The lowest BCUT2D eigenvalue weighted by Crippen LogP contribution is -2.02. The first-order valence-corrected chi connectivity index (χ1v) is 3.49. The van der Waals surface area contributed by atoms with Crippen LogP contribution in [0.15, 0.2) is 18.3 Å². The molecule has 11 heavy (non-hydrogen) atoms. The second-order valence-corrected chi connectivity index (χ2v) is 2.24. The predicted octanol–water partition coefficient (Wildman–Crippen LogP) is 0.761. The fourth-order valence-corrected chi connectivity index (χ4v) is 0.738. The van der Waals surface area contributed by atoms with Crippen LogP contribution in [-0.4, -0.2) is 23.3 Å². The molecule has 3 nitrogen and oxygen atoms in total. The summed E-state index contributed by atoms with van der Waals surface area (Å²) in [7, 11) is 0. The van der Waals surface area contributed by atoms with Crippen molar-refractivity contribution in [1.82, 2.24) is 4.98 Å². The molecule has 0 unspecified atom stereocenters. The van der Waals surface area contributed by atoms with Gasteiger partial charge in [-0.3, -0.25) is 0 Å². The van der Waals surface area contributed by atoms with E-state index in [4.69, 9.17) is 9.84 Å². The number of aliphatic hydroxyl groups excluding tert-OH is 1. The van der Waals surface area contributed by atoms with Crippen LogP contribution in [0.2, 0.25) is 0 Å². The number of nitrogens with zero attached hydrogens (tertiary/aromatic N) is 1. The van der Waals surface area contributed by atoms with Gasteiger partial charge in [0.15, 0.2) is 0 Å². The topological polar surface area (TPSA) is 42.4 Å². The van der Waals surface area contributed by atoms with Crippen molar-refractivity contribution >= 4 is 0 Å². The van der Waals surface area contributed by atoms with Gasteiger partial charge in [0.25, 0.3) is 0 Å². The van der Waals surface area contributed by atoms with Crippen molar-refractivity contribution in [3.63, 3.8) is 0 Å². The summed E-state index contributed by atoms with van der Waals surface area (Å²) in [6, 6.07) is 3.72. The van der Waals surface area contributed by atoms with Crippen LogP contribution in [0, 0.1) is 6.92 Å². The van der Waals surface area contributed by atoms with Gasteiger partial charge in [0.2, 0.25) is 5.88 Å². The molecule has 1 aromatic heterocycles. The molecule has 0 aliphatic carbocycles. The highest BCUT2D eigenvalue weighted by molar-refractivity contribution is 5.18. The van der Waals surface area contributed by atoms with Gasteiger partial charge in [0.05, 0.1) is 6.61 Å². The van der Waals surface area contributed by atoms with Crippen LogP contribution in [0.4, 0.5) is 0 Å². The minimum absolute atomic E-state index is 0.0234. The van der Waals surface area contributed by atoms with Crippen LogP contribution < -0.4 is 4.74 Å². The normalized spacial score (nSPS) is 9.64. The van der Waals surface area contributed by atoms with Crippen LogP contribution in [0.3, 0.4) is 0 Å². The average molecular weight is 153 g/mol. The van der Waals surface area contributed by atoms with Gasteiger partial charge < -0.3 is 9.84 Å². The SMILES string of the molecule is Cc1ccnc(OCCO)c1. The minimum Gasteiger partial charge on any atom is -0.475 e. The van der Waals surface area contributed by atoms with Gasteiger partial charge in [-0.2, -0.15) is 0 Å². The highest BCUT2D eigenvalue weighted by Crippen LogP contribution is 2.06. The largest absolute Gasteiger partial charge is 0.475 e. The Hall–Kier alpha value is -1.09. The number of aliphatic hydroxyl groups is 1. The third-order valence-corrected chi connectivity index (χ3v) is 1.23. The summed E-state index contributed by atoms with van der Waals surface area (Å²) >= 11 is 0. The van der Waals surface area contributed by atoms with E-state index in [9.17, 15) is 0 Å². The summed E-state index contributed by atoms with van der Waals surface area (Å²) in [5.74, 6) is 0.569. The Bertz CT molecular complexity index is 225. The number of pyridine rings is 1. The van der Waals surface area contributed by atoms with Crippen molar-refractivity contribution in [3.05, 3.63) is 23.9 Å². The van der Waals surface area contributed by atoms with Crippen LogP contribution in [-0.2, 0) is 0 Å². The smallest absolute Gasteiger partial charge is 0.213 e. The Balaban J connectivity index is 2.56. The van der Waals surface area contributed by atoms with E-state index in [1.165, 1.54) is 0 Å². The van der Waals surface area contributed by atoms with Crippen LogP contribution in [0.5, 0.6) is 5.88 Å². The molecule has 0 amide bonds. The lowest BCUT2D eigenvalue weighted by molar-refractivity contribution is 0.196. The van der Waals surface area contributed by atoms with Crippen molar-refractivity contribution in [2.45, 2.75) is 6.92 Å². The first kappa shape index (κ1) is 8.01. The van der Waals surface area contributed by atoms with E-state index in [2.05, 4.69) is 4.98 Å². The lowest BCUT2D eigenvalue weighted by atomic mass is 10.3. The summed E-state index contributed by atoms with van der Waals surface area (Å²) in [5.41, 5.74) is 1.10. The Morgan fingerprint density at radius 2 is 2.45 bits per heavy atom. The predicted molar refractivity (Wildman–Crippen MR) is 41.6 cm³/mol. The molecule has 0 saturated heterocycles. The Labute approximate surface area is 65.7 Å². The molecule has 0 atom stereocenters. The van der Waals surface area contributed by atoms with Crippen LogP contribution in [0.1, 0.15) is 5.56 Å². The van der Waals surface area contributed by atoms with Gasteiger partial charge in [-0.05, 0) is 18.6 Å². The van der Waals surface area contributed by atoms with Crippen molar-refractivity contribution in [2.75, 3.05) is 13.2 Å². The zero-order valence-electron chi connectivity index (χ0n) is 6.45. The summed E-state index contributed by atoms with van der Waals surface area (Å²) in [5, 5.41) is 8.44. The molecule has 60 valence electrons. The molecule has 3 heteroatoms. The third-order valence-electron chi connectivity index (χ3n) is 1.23. The standard InChI is InChI=1S/C8H11NO2/c1-7-2-3-9-8(6-7)11-5-4-10/h2-3,6,10H,4-5H2,1H3. The number of rotatable bonds is 3. The summed E-state index contributed by atoms with van der Waals surface area (Å²) < 4.78 is 5.07. The maximum atomic E-state index is 8.44. The molecule has 0 spiro atoms. The Kier molecular flexibility index (Phi) is 2.86. The Morgan fingerprint density at radius 3 is 3.09 bits per heavy atom. The van der Waals surface area contributed by atoms with E-state index in [1.807, 2.05) is 19.1 Å². The number of aromatic nitrogens is 1. The minimum atomic E-state index is 0.0234. The molecule has 1 rings (SSSR count). The molecular formula is C8H11NO2. The second kappa shape index (κ2) is 3.93. The van der Waals surface area contributed by atoms with Gasteiger partial charge in [0, 0.05) is 12.3 Å². The first-order chi connectivity index (χ1) is 5.33. The van der Waals surface area contributed by atoms with E-state index >= 15 is 0 Å². The average Bonchev–Trinajstić information content (AvgIpc) is 2.01. The summed E-state index contributed by atoms with van der Waals surface area (Å²) in [6.45, 7) is 2.29. The van der Waals surface area contributed by atoms with Gasteiger partial charge in [0.1, 0.15) is 6.61 Å². The van der Waals surface area contributed by atoms with E-state index < -0.39 is 0 Å². The fraction of sp³-hybridized carbons (Fsp3) is 0.375. The van der Waals surface area contributed by atoms with Gasteiger partial charge in [-0.15, -0.1) is 0 Å². The van der Waals surface area contributed by atoms with Gasteiger partial charge >= 0.3 is 0 Å². The molecule has 1 heterocycles. The molecule has 0 saturated carbocycles. The van der Waals surface area contributed by atoms with Crippen LogP contribution in [0.25, 0.3) is 0 Å². The number of ether oxygens (including phenoxy) is 1. The zero-order chi connectivity index (χ0) is 8.10. The number of aryl methyl sites for hydroxylation is 1. The molecular weight excluding hydrogens is 142 g/mol. The molecule has 0 aliphatic rings. The van der Waals surface area contributed by atoms with Crippen molar-refractivity contribution in [3.8, 4) is 5.88 Å². The van der Waals surface area contributed by atoms with Gasteiger partial charge in [-0.1, -0.05) is 0 Å². The summed E-state index contributed by atoms with van der Waals surface area (Å²) in [6.07, 6.45) is 1.68. The quantitative estimate of drug-likeness (QED) is 0.697. The van der Waals surface area contributed by atoms with Crippen molar-refractivity contribution in [2.24, 2.45) is 0 Å². The van der Waals surface area contributed by atoms with Crippen molar-refractivity contribution in [1.29, 1.82) is 0 Å². The molecule has 0 aliphatic heterocycles. The van der Waals surface area contributed by atoms with E-state index in [0.29, 0.717) is 12.5 Å². The molecule has 0 bridgehead atoms. The van der Waals surface area contributed by atoms with E-state index in [0.717, 1.165) is 5.56 Å². The maximum absolute atomic E-state index is 8.44. The molecule has 1 aromatic rings. The first-order valence-electron chi connectivity index (χ1n) is 3.49. The lowest BCUT2D eigenvalue weighted by Gasteiger charge is -2.02. The highest BCUT2D eigenvalue weighted by Gasteiger charge is 1.92. The van der Waals surface area contributed by atoms with Crippen LogP contribution >= 0.6 is 0 Å². The maximum Gasteiger partial charge on any atom is 0.213 e. The number of hydrogen-bond donors (Lipinski definition) is 1. The fourth-order valence-electron chi connectivity index (χ4n) is 0.738.